The van der Waals surface area contributed by atoms with Gasteiger partial charge in [-0.2, -0.15) is 0 Å². The van der Waals surface area contributed by atoms with Crippen LogP contribution in [0.3, 0.4) is 0 Å². The van der Waals surface area contributed by atoms with Crippen LogP contribution in [-0.2, 0) is 0 Å². The van der Waals surface area contributed by atoms with Gasteiger partial charge in [0.1, 0.15) is 0 Å². The van der Waals surface area contributed by atoms with Gasteiger partial charge in [0, 0.05) is 31.7 Å². The molecule has 0 spiro atoms. The van der Waals surface area contributed by atoms with Crippen LogP contribution in [-0.4, -0.2) is 36.6 Å². The molecule has 2 unspecified atom stereocenters. The van der Waals surface area contributed by atoms with Crippen molar-refractivity contribution in [2.24, 2.45) is 5.92 Å². The number of hydrogen-bond donors (Lipinski definition) is 1. The Morgan fingerprint density at radius 1 is 1.33 bits per heavy atom. The van der Waals surface area contributed by atoms with Crippen molar-refractivity contribution in [1.29, 1.82) is 0 Å². The van der Waals surface area contributed by atoms with Gasteiger partial charge in [0.15, 0.2) is 0 Å². The fourth-order valence-electron chi connectivity index (χ4n) is 1.84. The predicted molar refractivity (Wildman–Crippen MR) is 53.3 cm³/mol. The van der Waals surface area contributed by atoms with E-state index >= 15 is 0 Å². The highest BCUT2D eigenvalue weighted by Gasteiger charge is 2.24. The minimum atomic E-state index is 0.705. The zero-order chi connectivity index (χ0) is 9.14. The summed E-state index contributed by atoms with van der Waals surface area (Å²) in [5, 5.41) is 3.42. The van der Waals surface area contributed by atoms with Gasteiger partial charge >= 0.3 is 0 Å². The lowest BCUT2D eigenvalue weighted by Gasteiger charge is -2.40. The Bertz CT molecular complexity index is 134. The maximum absolute atomic E-state index is 3.42. The molecule has 0 aromatic rings. The van der Waals surface area contributed by atoms with E-state index in [9.17, 15) is 0 Å². The molecule has 2 heteroatoms. The smallest absolute Gasteiger partial charge is 0.0195 e. The molecule has 2 nitrogen and oxygen atoms in total. The van der Waals surface area contributed by atoms with E-state index in [1.807, 2.05) is 0 Å². The van der Waals surface area contributed by atoms with Crippen LogP contribution in [0.2, 0.25) is 0 Å². The molecule has 1 rings (SSSR count). The Balaban J connectivity index is 2.47. The van der Waals surface area contributed by atoms with Gasteiger partial charge in [0.2, 0.25) is 0 Å². The number of nitrogens with zero attached hydrogens (tertiary/aromatic N) is 1. The number of nitrogens with one attached hydrogen (secondary N) is 1. The van der Waals surface area contributed by atoms with Crippen LogP contribution in [0.15, 0.2) is 0 Å². The molecule has 72 valence electrons. The average Bonchev–Trinajstić information content (AvgIpc) is 2.04. The van der Waals surface area contributed by atoms with Gasteiger partial charge < -0.3 is 5.32 Å². The van der Waals surface area contributed by atoms with E-state index in [-0.39, 0.29) is 0 Å². The fourth-order valence-corrected chi connectivity index (χ4v) is 1.84. The normalized spacial score (nSPS) is 29.2. The summed E-state index contributed by atoms with van der Waals surface area (Å²) >= 11 is 0. The van der Waals surface area contributed by atoms with E-state index in [2.05, 4.69) is 37.9 Å². The van der Waals surface area contributed by atoms with Crippen LogP contribution in [0.25, 0.3) is 0 Å². The van der Waals surface area contributed by atoms with Gasteiger partial charge in [0.05, 0.1) is 0 Å². The molecule has 0 aliphatic carbocycles. The standard InChI is InChI=1S/C10H22N2/c1-8(2)10(4)12-6-5-11-7-9(12)3/h8-11H,5-7H2,1-4H3. The summed E-state index contributed by atoms with van der Waals surface area (Å²) in [5.41, 5.74) is 0. The predicted octanol–water partition coefficient (Wildman–Crippen LogP) is 1.32. The molecule has 0 bridgehead atoms. The Morgan fingerprint density at radius 3 is 2.50 bits per heavy atom. The second-order valence-corrected chi connectivity index (χ2v) is 4.28. The lowest BCUT2D eigenvalue weighted by atomic mass is 10.0. The maximum Gasteiger partial charge on any atom is 0.0195 e. The molecule has 1 N–H and O–H groups in total. The number of hydrogen-bond acceptors (Lipinski definition) is 2. The third kappa shape index (κ3) is 2.20. The van der Waals surface area contributed by atoms with Gasteiger partial charge in [-0.1, -0.05) is 13.8 Å². The van der Waals surface area contributed by atoms with Crippen LogP contribution in [0.5, 0.6) is 0 Å². The Kier molecular flexibility index (Phi) is 3.53. The van der Waals surface area contributed by atoms with E-state index in [1.54, 1.807) is 0 Å². The van der Waals surface area contributed by atoms with Crippen LogP contribution in [0, 0.1) is 5.92 Å². The van der Waals surface area contributed by atoms with Crippen molar-refractivity contribution in [1.82, 2.24) is 10.2 Å². The monoisotopic (exact) mass is 170 g/mol. The van der Waals surface area contributed by atoms with Crippen LogP contribution in [0.4, 0.5) is 0 Å². The topological polar surface area (TPSA) is 15.3 Å². The van der Waals surface area contributed by atoms with Crippen molar-refractivity contribution in [3.8, 4) is 0 Å². The van der Waals surface area contributed by atoms with E-state index in [4.69, 9.17) is 0 Å². The largest absolute Gasteiger partial charge is 0.314 e. The molecule has 0 radical (unpaired) electrons. The van der Waals surface area contributed by atoms with Crippen molar-refractivity contribution >= 4 is 0 Å². The molecule has 0 amide bonds. The van der Waals surface area contributed by atoms with Crippen molar-refractivity contribution < 1.29 is 0 Å². The molecular weight excluding hydrogens is 148 g/mol. The molecule has 0 aromatic carbocycles. The Hall–Kier alpha value is -0.0800. The highest BCUT2D eigenvalue weighted by atomic mass is 15.2. The molecule has 0 aromatic heterocycles. The molecule has 0 saturated carbocycles. The first-order valence-corrected chi connectivity index (χ1v) is 5.09. The first-order chi connectivity index (χ1) is 5.63. The molecule has 12 heavy (non-hydrogen) atoms. The highest BCUT2D eigenvalue weighted by Crippen LogP contribution is 2.14. The molecule has 2 atom stereocenters. The van der Waals surface area contributed by atoms with Crippen molar-refractivity contribution in [2.75, 3.05) is 19.6 Å². The average molecular weight is 170 g/mol. The minimum absolute atomic E-state index is 0.705. The number of piperazine rings is 1. The quantitative estimate of drug-likeness (QED) is 0.672. The molecule has 1 aliphatic heterocycles. The first-order valence-electron chi connectivity index (χ1n) is 5.09. The molecule has 1 heterocycles. The minimum Gasteiger partial charge on any atom is -0.314 e. The van der Waals surface area contributed by atoms with Crippen molar-refractivity contribution in [2.45, 2.75) is 39.8 Å². The lowest BCUT2D eigenvalue weighted by molar-refractivity contribution is 0.0988. The van der Waals surface area contributed by atoms with E-state index in [0.29, 0.717) is 6.04 Å². The lowest BCUT2D eigenvalue weighted by Crippen LogP contribution is -2.54. The fraction of sp³-hybridized carbons (Fsp3) is 1.00. The molecule has 1 aliphatic rings. The van der Waals surface area contributed by atoms with Gasteiger partial charge in [-0.25, -0.2) is 0 Å². The van der Waals surface area contributed by atoms with E-state index < -0.39 is 0 Å². The van der Waals surface area contributed by atoms with Crippen LogP contribution < -0.4 is 5.32 Å². The summed E-state index contributed by atoms with van der Waals surface area (Å²) in [6.07, 6.45) is 0. The second-order valence-electron chi connectivity index (χ2n) is 4.28. The molecular formula is C10H22N2. The summed E-state index contributed by atoms with van der Waals surface area (Å²) in [7, 11) is 0. The summed E-state index contributed by atoms with van der Waals surface area (Å²) in [4.78, 5) is 2.61. The maximum atomic E-state index is 3.42. The third-order valence-corrected chi connectivity index (χ3v) is 3.04. The van der Waals surface area contributed by atoms with Gasteiger partial charge in [0.25, 0.3) is 0 Å². The summed E-state index contributed by atoms with van der Waals surface area (Å²) < 4.78 is 0. The van der Waals surface area contributed by atoms with Gasteiger partial charge in [-0.05, 0) is 19.8 Å². The van der Waals surface area contributed by atoms with Crippen molar-refractivity contribution in [3.05, 3.63) is 0 Å². The van der Waals surface area contributed by atoms with Crippen molar-refractivity contribution in [3.63, 3.8) is 0 Å². The summed E-state index contributed by atoms with van der Waals surface area (Å²) in [5.74, 6) is 0.769. The number of rotatable bonds is 2. The molecule has 1 saturated heterocycles. The summed E-state index contributed by atoms with van der Waals surface area (Å²) in [6, 6.07) is 1.43. The van der Waals surface area contributed by atoms with Crippen LogP contribution in [0.1, 0.15) is 27.7 Å². The highest BCUT2D eigenvalue weighted by molar-refractivity contribution is 4.81. The first kappa shape index (κ1) is 10.0. The summed E-state index contributed by atoms with van der Waals surface area (Å²) in [6.45, 7) is 12.8. The van der Waals surface area contributed by atoms with Crippen LogP contribution >= 0.6 is 0 Å². The zero-order valence-electron chi connectivity index (χ0n) is 8.80. The van der Waals surface area contributed by atoms with E-state index in [1.165, 1.54) is 6.54 Å². The van der Waals surface area contributed by atoms with E-state index in [0.717, 1.165) is 25.0 Å². The zero-order valence-corrected chi connectivity index (χ0v) is 8.80. The second kappa shape index (κ2) is 4.24. The molecule has 1 fully saturated rings. The third-order valence-electron chi connectivity index (χ3n) is 3.04. The SMILES string of the molecule is CC(C)C(C)N1CCNCC1C. The Labute approximate surface area is 76.3 Å². The van der Waals surface area contributed by atoms with Gasteiger partial charge in [-0.15, -0.1) is 0 Å². The van der Waals surface area contributed by atoms with Gasteiger partial charge in [-0.3, -0.25) is 4.90 Å². The Morgan fingerprint density at radius 2 is 2.00 bits per heavy atom.